The molecule has 0 saturated heterocycles. The first-order valence-corrected chi connectivity index (χ1v) is 9.01. The number of amides is 2. The van der Waals surface area contributed by atoms with Crippen molar-refractivity contribution in [3.63, 3.8) is 0 Å². The molecule has 0 aliphatic heterocycles. The van der Waals surface area contributed by atoms with E-state index in [2.05, 4.69) is 15.7 Å². The van der Waals surface area contributed by atoms with E-state index in [1.54, 1.807) is 35.1 Å². The number of anilines is 1. The topological polar surface area (TPSA) is 85.3 Å². The van der Waals surface area contributed by atoms with Gasteiger partial charge in [-0.1, -0.05) is 25.1 Å². The van der Waals surface area contributed by atoms with E-state index in [1.807, 2.05) is 37.3 Å². The summed E-state index contributed by atoms with van der Waals surface area (Å²) in [6.45, 7) is 2.62. The molecule has 0 fully saturated rings. The zero-order valence-electron chi connectivity index (χ0n) is 15.8. The lowest BCUT2D eigenvalue weighted by molar-refractivity contribution is 0.0953. The summed E-state index contributed by atoms with van der Waals surface area (Å²) in [5, 5.41) is 9.94. The molecule has 0 aliphatic carbocycles. The van der Waals surface area contributed by atoms with Crippen molar-refractivity contribution in [2.24, 2.45) is 0 Å². The van der Waals surface area contributed by atoms with Crippen molar-refractivity contribution in [1.29, 1.82) is 0 Å². The summed E-state index contributed by atoms with van der Waals surface area (Å²) >= 11 is 0. The molecule has 2 N–H and O–H groups in total. The molecule has 0 aliphatic rings. The Labute approximate surface area is 163 Å². The SMILES string of the molecule is CCCNC(=O)c1ccc(NC(=O)c2nn(-c3ccccc3)cc2OC)cc1. The van der Waals surface area contributed by atoms with Gasteiger partial charge in [-0.25, -0.2) is 4.68 Å². The molecule has 1 aromatic heterocycles. The van der Waals surface area contributed by atoms with Crippen LogP contribution in [0.4, 0.5) is 5.69 Å². The second kappa shape index (κ2) is 8.85. The first-order chi connectivity index (χ1) is 13.6. The molecular formula is C21H22N4O3. The van der Waals surface area contributed by atoms with Crippen LogP contribution in [0.3, 0.4) is 0 Å². The number of aromatic nitrogens is 2. The molecule has 0 atom stereocenters. The van der Waals surface area contributed by atoms with Gasteiger partial charge in [0.05, 0.1) is 19.0 Å². The molecule has 0 radical (unpaired) electrons. The number of para-hydroxylation sites is 1. The van der Waals surface area contributed by atoms with E-state index in [-0.39, 0.29) is 11.6 Å². The van der Waals surface area contributed by atoms with Gasteiger partial charge in [-0.3, -0.25) is 9.59 Å². The van der Waals surface area contributed by atoms with Gasteiger partial charge in [0.2, 0.25) is 0 Å². The van der Waals surface area contributed by atoms with E-state index < -0.39 is 5.91 Å². The predicted octanol–water partition coefficient (Wildman–Crippen LogP) is 3.27. The van der Waals surface area contributed by atoms with E-state index >= 15 is 0 Å². The number of hydrogen-bond donors (Lipinski definition) is 2. The van der Waals surface area contributed by atoms with Gasteiger partial charge in [-0.2, -0.15) is 5.10 Å². The molecule has 144 valence electrons. The summed E-state index contributed by atoms with van der Waals surface area (Å²) < 4.78 is 6.89. The number of ether oxygens (including phenoxy) is 1. The van der Waals surface area contributed by atoms with Gasteiger partial charge in [0.25, 0.3) is 11.8 Å². The third kappa shape index (κ3) is 4.37. The van der Waals surface area contributed by atoms with Crippen molar-refractivity contribution in [3.05, 3.63) is 72.1 Å². The minimum absolute atomic E-state index is 0.136. The average molecular weight is 378 g/mol. The summed E-state index contributed by atoms with van der Waals surface area (Å²) in [5.74, 6) is -0.158. The van der Waals surface area contributed by atoms with Gasteiger partial charge in [0, 0.05) is 17.8 Å². The third-order valence-corrected chi connectivity index (χ3v) is 4.08. The number of carbonyl (C=O) groups excluding carboxylic acids is 2. The Morgan fingerprint density at radius 2 is 1.75 bits per heavy atom. The third-order valence-electron chi connectivity index (χ3n) is 4.08. The Morgan fingerprint density at radius 3 is 2.39 bits per heavy atom. The fraction of sp³-hybridized carbons (Fsp3) is 0.190. The average Bonchev–Trinajstić information content (AvgIpc) is 3.18. The van der Waals surface area contributed by atoms with Crippen LogP contribution in [0.5, 0.6) is 5.75 Å². The van der Waals surface area contributed by atoms with Crippen LogP contribution in [-0.4, -0.2) is 35.2 Å². The highest BCUT2D eigenvalue weighted by Crippen LogP contribution is 2.21. The molecule has 3 rings (SSSR count). The molecule has 2 aromatic carbocycles. The normalized spacial score (nSPS) is 10.4. The Bertz CT molecular complexity index is 950. The minimum Gasteiger partial charge on any atom is -0.493 e. The molecule has 7 nitrogen and oxygen atoms in total. The highest BCUT2D eigenvalue weighted by Gasteiger charge is 2.18. The number of nitrogens with zero attached hydrogens (tertiary/aromatic N) is 2. The highest BCUT2D eigenvalue weighted by molar-refractivity contribution is 6.05. The Hall–Kier alpha value is -3.61. The molecule has 0 unspecified atom stereocenters. The Kier molecular flexibility index (Phi) is 6.06. The van der Waals surface area contributed by atoms with Crippen LogP contribution in [0.25, 0.3) is 5.69 Å². The Morgan fingerprint density at radius 1 is 1.04 bits per heavy atom. The lowest BCUT2D eigenvalue weighted by atomic mass is 10.2. The number of rotatable bonds is 7. The second-order valence-corrected chi connectivity index (χ2v) is 6.11. The molecule has 3 aromatic rings. The van der Waals surface area contributed by atoms with Crippen LogP contribution in [0.15, 0.2) is 60.8 Å². The number of benzene rings is 2. The van der Waals surface area contributed by atoms with Crippen molar-refractivity contribution in [1.82, 2.24) is 15.1 Å². The zero-order valence-corrected chi connectivity index (χ0v) is 15.8. The fourth-order valence-electron chi connectivity index (χ4n) is 2.61. The first-order valence-electron chi connectivity index (χ1n) is 9.01. The maximum absolute atomic E-state index is 12.7. The smallest absolute Gasteiger partial charge is 0.280 e. The standard InChI is InChI=1S/C21H22N4O3/c1-3-13-22-20(26)15-9-11-16(12-10-15)23-21(27)19-18(28-2)14-25(24-19)17-7-5-4-6-8-17/h4-12,14H,3,13H2,1-2H3,(H,22,26)(H,23,27). The monoisotopic (exact) mass is 378 g/mol. The van der Waals surface area contributed by atoms with E-state index in [0.29, 0.717) is 23.5 Å². The minimum atomic E-state index is -0.394. The lowest BCUT2D eigenvalue weighted by Gasteiger charge is -2.07. The van der Waals surface area contributed by atoms with Gasteiger partial charge in [0.1, 0.15) is 0 Å². The van der Waals surface area contributed by atoms with Crippen molar-refractivity contribution in [3.8, 4) is 11.4 Å². The second-order valence-electron chi connectivity index (χ2n) is 6.11. The van der Waals surface area contributed by atoms with Gasteiger partial charge in [0.15, 0.2) is 11.4 Å². The summed E-state index contributed by atoms with van der Waals surface area (Å²) in [6, 6.07) is 16.2. The van der Waals surface area contributed by atoms with Crippen LogP contribution >= 0.6 is 0 Å². The van der Waals surface area contributed by atoms with Crippen LogP contribution < -0.4 is 15.4 Å². The maximum Gasteiger partial charge on any atom is 0.280 e. The van der Waals surface area contributed by atoms with Gasteiger partial charge in [-0.15, -0.1) is 0 Å². The van der Waals surface area contributed by atoms with Gasteiger partial charge < -0.3 is 15.4 Å². The number of hydrogen-bond acceptors (Lipinski definition) is 4. The summed E-state index contributed by atoms with van der Waals surface area (Å²) in [5.41, 5.74) is 2.10. The van der Waals surface area contributed by atoms with Crippen LogP contribution in [0.2, 0.25) is 0 Å². The van der Waals surface area contributed by atoms with Crippen molar-refractivity contribution >= 4 is 17.5 Å². The molecule has 28 heavy (non-hydrogen) atoms. The van der Waals surface area contributed by atoms with Crippen LogP contribution in [0.1, 0.15) is 34.2 Å². The summed E-state index contributed by atoms with van der Waals surface area (Å²) in [6.07, 6.45) is 2.53. The predicted molar refractivity (Wildman–Crippen MR) is 107 cm³/mol. The van der Waals surface area contributed by atoms with Crippen molar-refractivity contribution in [2.75, 3.05) is 19.0 Å². The zero-order chi connectivity index (χ0) is 19.9. The number of nitrogens with one attached hydrogen (secondary N) is 2. The van der Waals surface area contributed by atoms with Crippen molar-refractivity contribution in [2.45, 2.75) is 13.3 Å². The van der Waals surface area contributed by atoms with Gasteiger partial charge in [-0.05, 0) is 42.8 Å². The number of carbonyl (C=O) groups is 2. The fourth-order valence-corrected chi connectivity index (χ4v) is 2.61. The molecule has 0 spiro atoms. The maximum atomic E-state index is 12.7. The molecule has 7 heteroatoms. The molecule has 2 amide bonds. The molecule has 0 bridgehead atoms. The van der Waals surface area contributed by atoms with Crippen LogP contribution in [0, 0.1) is 0 Å². The summed E-state index contributed by atoms with van der Waals surface area (Å²) in [4.78, 5) is 24.6. The van der Waals surface area contributed by atoms with E-state index in [1.165, 1.54) is 7.11 Å². The molecule has 1 heterocycles. The Balaban J connectivity index is 1.74. The van der Waals surface area contributed by atoms with E-state index in [4.69, 9.17) is 4.74 Å². The van der Waals surface area contributed by atoms with Crippen LogP contribution in [-0.2, 0) is 0 Å². The highest BCUT2D eigenvalue weighted by atomic mass is 16.5. The summed E-state index contributed by atoms with van der Waals surface area (Å²) in [7, 11) is 1.49. The lowest BCUT2D eigenvalue weighted by Crippen LogP contribution is -2.23. The molecular weight excluding hydrogens is 356 g/mol. The van der Waals surface area contributed by atoms with E-state index in [0.717, 1.165) is 12.1 Å². The largest absolute Gasteiger partial charge is 0.493 e. The van der Waals surface area contributed by atoms with E-state index in [9.17, 15) is 9.59 Å². The number of methoxy groups -OCH3 is 1. The first kappa shape index (κ1) is 19.2. The quantitative estimate of drug-likeness (QED) is 0.661. The van der Waals surface area contributed by atoms with Crippen molar-refractivity contribution < 1.29 is 14.3 Å². The molecule has 0 saturated carbocycles. The van der Waals surface area contributed by atoms with Gasteiger partial charge >= 0.3 is 0 Å².